The molecule has 0 spiro atoms. The molecular weight excluding hydrogens is 312 g/mol. The van der Waals surface area contributed by atoms with E-state index in [9.17, 15) is 9.90 Å². The summed E-state index contributed by atoms with van der Waals surface area (Å²) in [5.41, 5.74) is 8.41. The van der Waals surface area contributed by atoms with E-state index in [0.717, 1.165) is 17.5 Å². The van der Waals surface area contributed by atoms with Crippen molar-refractivity contribution >= 4 is 17.5 Å². The predicted octanol–water partition coefficient (Wildman–Crippen LogP) is 3.30. The second-order valence-electron chi connectivity index (χ2n) is 5.88. The van der Waals surface area contributed by atoms with Gasteiger partial charge in [-0.15, -0.1) is 0 Å². The van der Waals surface area contributed by atoms with Gasteiger partial charge in [0.1, 0.15) is 5.75 Å². The Morgan fingerprint density at radius 2 is 2.00 bits per heavy atom. The third-order valence-corrected chi connectivity index (χ3v) is 4.35. The van der Waals surface area contributed by atoms with Gasteiger partial charge in [0.15, 0.2) is 0 Å². The molecule has 0 heterocycles. The number of primary amides is 1. The third-order valence-electron chi connectivity index (χ3n) is 4.04. The Balaban J connectivity index is 2.64. The molecule has 0 saturated heterocycles. The smallest absolute Gasteiger partial charge is 0.249 e. The lowest BCUT2D eigenvalue weighted by Crippen LogP contribution is -2.27. The molecule has 0 aromatic heterocycles. The van der Waals surface area contributed by atoms with Crippen LogP contribution in [0.4, 0.5) is 0 Å². The molecule has 0 bridgehead atoms. The summed E-state index contributed by atoms with van der Waals surface area (Å²) in [6.07, 6.45) is 0.751. The van der Waals surface area contributed by atoms with Crippen molar-refractivity contribution in [1.29, 1.82) is 0 Å². The number of rotatable bonds is 5. The molecule has 0 radical (unpaired) electrons. The average Bonchev–Trinajstić information content (AvgIpc) is 2.47. The topological polar surface area (TPSA) is 66.6 Å². The molecule has 4 nitrogen and oxygen atoms in total. The summed E-state index contributed by atoms with van der Waals surface area (Å²) >= 11 is 6.29. The van der Waals surface area contributed by atoms with Gasteiger partial charge in [0.25, 0.3) is 0 Å². The van der Waals surface area contributed by atoms with E-state index in [-0.39, 0.29) is 11.8 Å². The highest BCUT2D eigenvalue weighted by Crippen LogP contribution is 2.36. The lowest BCUT2D eigenvalue weighted by molar-refractivity contribution is 0.100. The van der Waals surface area contributed by atoms with Crippen molar-refractivity contribution < 1.29 is 9.90 Å². The molecule has 1 amide bonds. The first-order valence-corrected chi connectivity index (χ1v) is 7.76. The van der Waals surface area contributed by atoms with Gasteiger partial charge >= 0.3 is 0 Å². The van der Waals surface area contributed by atoms with Gasteiger partial charge in [-0.05, 0) is 62.8 Å². The van der Waals surface area contributed by atoms with Crippen molar-refractivity contribution in [1.82, 2.24) is 4.90 Å². The van der Waals surface area contributed by atoms with E-state index in [0.29, 0.717) is 16.1 Å². The fourth-order valence-corrected chi connectivity index (χ4v) is 2.77. The van der Waals surface area contributed by atoms with Crippen LogP contribution in [-0.4, -0.2) is 36.1 Å². The first kappa shape index (κ1) is 17.3. The van der Waals surface area contributed by atoms with Gasteiger partial charge in [-0.1, -0.05) is 23.7 Å². The van der Waals surface area contributed by atoms with Gasteiger partial charge < -0.3 is 15.7 Å². The van der Waals surface area contributed by atoms with Crippen molar-refractivity contribution in [3.63, 3.8) is 0 Å². The normalized spacial score (nSPS) is 12.4. The molecular formula is C18H21ClN2O2. The van der Waals surface area contributed by atoms with Crippen molar-refractivity contribution in [3.8, 4) is 16.9 Å². The molecule has 2 rings (SSSR count). The van der Waals surface area contributed by atoms with Crippen LogP contribution in [-0.2, 0) is 6.42 Å². The molecule has 0 aliphatic carbocycles. The predicted molar refractivity (Wildman–Crippen MR) is 93.9 cm³/mol. The Morgan fingerprint density at radius 1 is 1.30 bits per heavy atom. The summed E-state index contributed by atoms with van der Waals surface area (Å²) in [6, 6.07) is 10.5. The maximum atomic E-state index is 11.9. The number of benzene rings is 2. The van der Waals surface area contributed by atoms with Crippen LogP contribution in [0.3, 0.4) is 0 Å². The number of amides is 1. The number of carbonyl (C=O) groups excluding carboxylic acids is 1. The molecule has 23 heavy (non-hydrogen) atoms. The molecule has 2 aromatic rings. The number of hydrogen-bond acceptors (Lipinski definition) is 3. The van der Waals surface area contributed by atoms with Crippen LogP contribution >= 0.6 is 11.6 Å². The quantitative estimate of drug-likeness (QED) is 0.882. The number of phenolic OH excluding ortho intramolecular Hbond substituents is 1. The average molecular weight is 333 g/mol. The Labute approximate surface area is 141 Å². The van der Waals surface area contributed by atoms with Gasteiger partial charge in [-0.3, -0.25) is 4.79 Å². The van der Waals surface area contributed by atoms with Crippen molar-refractivity contribution in [3.05, 3.63) is 52.5 Å². The van der Waals surface area contributed by atoms with Crippen LogP contribution in [0.5, 0.6) is 5.75 Å². The first-order valence-electron chi connectivity index (χ1n) is 7.38. The molecule has 0 saturated carbocycles. The Hall–Kier alpha value is -2.04. The Kier molecular flexibility index (Phi) is 5.29. The molecule has 0 fully saturated rings. The number of hydrogen-bond donors (Lipinski definition) is 2. The summed E-state index contributed by atoms with van der Waals surface area (Å²) in [4.78, 5) is 14.0. The minimum Gasteiger partial charge on any atom is -0.508 e. The second-order valence-corrected chi connectivity index (χ2v) is 6.29. The Bertz CT molecular complexity index is 729. The maximum absolute atomic E-state index is 11.9. The van der Waals surface area contributed by atoms with Crippen LogP contribution in [0, 0.1) is 0 Å². The summed E-state index contributed by atoms with van der Waals surface area (Å²) < 4.78 is 0. The first-order chi connectivity index (χ1) is 10.8. The van der Waals surface area contributed by atoms with Crippen molar-refractivity contribution in [2.45, 2.75) is 19.4 Å². The monoisotopic (exact) mass is 332 g/mol. The van der Waals surface area contributed by atoms with E-state index in [1.54, 1.807) is 18.2 Å². The highest BCUT2D eigenvalue weighted by Gasteiger charge is 2.19. The molecule has 1 atom stereocenters. The number of aromatic hydroxyl groups is 1. The van der Waals surface area contributed by atoms with Crippen LogP contribution in [0.15, 0.2) is 36.4 Å². The summed E-state index contributed by atoms with van der Waals surface area (Å²) in [7, 11) is 4.02. The zero-order valence-corrected chi connectivity index (χ0v) is 14.3. The van der Waals surface area contributed by atoms with Gasteiger partial charge in [0, 0.05) is 17.2 Å². The number of nitrogens with zero attached hydrogens (tertiary/aromatic N) is 1. The number of carbonyl (C=O) groups is 1. The molecule has 5 heteroatoms. The van der Waals surface area contributed by atoms with Crippen LogP contribution in [0.2, 0.25) is 5.02 Å². The fourth-order valence-electron chi connectivity index (χ4n) is 2.50. The maximum Gasteiger partial charge on any atom is 0.249 e. The van der Waals surface area contributed by atoms with Crippen molar-refractivity contribution in [2.75, 3.05) is 14.1 Å². The summed E-state index contributed by atoms with van der Waals surface area (Å²) in [6.45, 7) is 2.11. The van der Waals surface area contributed by atoms with Gasteiger partial charge in [0.2, 0.25) is 5.91 Å². The van der Waals surface area contributed by atoms with E-state index in [1.165, 1.54) is 6.07 Å². The van der Waals surface area contributed by atoms with E-state index in [1.807, 2.05) is 26.2 Å². The second kappa shape index (κ2) is 7.02. The minimum absolute atomic E-state index is 0.0820. The van der Waals surface area contributed by atoms with E-state index in [2.05, 4.69) is 11.8 Å². The van der Waals surface area contributed by atoms with Gasteiger partial charge in [0.05, 0.1) is 5.02 Å². The lowest BCUT2D eigenvalue weighted by atomic mass is 9.90. The highest BCUT2D eigenvalue weighted by molar-refractivity contribution is 6.33. The van der Waals surface area contributed by atoms with Crippen LogP contribution in [0.1, 0.15) is 22.8 Å². The Morgan fingerprint density at radius 3 is 2.57 bits per heavy atom. The summed E-state index contributed by atoms with van der Waals surface area (Å²) in [5.74, 6) is -0.415. The molecule has 0 aliphatic rings. The van der Waals surface area contributed by atoms with Crippen LogP contribution < -0.4 is 5.73 Å². The zero-order chi connectivity index (χ0) is 17.1. The standard InChI is InChI=1S/C18H21ClN2O2/c1-11(21(2)3)9-12-5-4-6-15(18(20)23)17(12)14-8-7-13(22)10-16(14)19/h4-8,10-11,22H,9H2,1-3H3,(H2,20,23). The van der Waals surface area contributed by atoms with Crippen LogP contribution in [0.25, 0.3) is 11.1 Å². The van der Waals surface area contributed by atoms with E-state index in [4.69, 9.17) is 17.3 Å². The number of nitrogens with two attached hydrogens (primary N) is 1. The van der Waals surface area contributed by atoms with E-state index >= 15 is 0 Å². The minimum atomic E-state index is -0.497. The molecule has 1 unspecified atom stereocenters. The fraction of sp³-hybridized carbons (Fsp3) is 0.278. The number of likely N-dealkylation sites (N-methyl/N-ethyl adjacent to an activating group) is 1. The largest absolute Gasteiger partial charge is 0.508 e. The SMILES string of the molecule is CC(Cc1cccc(C(N)=O)c1-c1ccc(O)cc1Cl)N(C)C. The molecule has 2 aromatic carbocycles. The van der Waals surface area contributed by atoms with Gasteiger partial charge in [-0.2, -0.15) is 0 Å². The number of halogens is 1. The molecule has 122 valence electrons. The lowest BCUT2D eigenvalue weighted by Gasteiger charge is -2.22. The highest BCUT2D eigenvalue weighted by atomic mass is 35.5. The molecule has 3 N–H and O–H groups in total. The third kappa shape index (κ3) is 3.84. The summed E-state index contributed by atoms with van der Waals surface area (Å²) in [5, 5.41) is 9.95. The number of phenols is 1. The van der Waals surface area contributed by atoms with Gasteiger partial charge in [-0.25, -0.2) is 0 Å². The van der Waals surface area contributed by atoms with E-state index < -0.39 is 5.91 Å². The molecule has 0 aliphatic heterocycles. The zero-order valence-electron chi connectivity index (χ0n) is 13.5. The van der Waals surface area contributed by atoms with Crippen molar-refractivity contribution in [2.24, 2.45) is 5.73 Å².